The molecule has 4 atom stereocenters. The van der Waals surface area contributed by atoms with Crippen LogP contribution in [0.25, 0.3) is 0 Å². The van der Waals surface area contributed by atoms with E-state index in [-0.39, 0.29) is 29.4 Å². The summed E-state index contributed by atoms with van der Waals surface area (Å²) in [5, 5.41) is 11.6. The Labute approximate surface area is 147 Å². The summed E-state index contributed by atoms with van der Waals surface area (Å²) in [6.45, 7) is 7.85. The third-order valence-corrected chi connectivity index (χ3v) is 6.03. The number of benzene rings is 1. The zero-order valence-corrected chi connectivity index (χ0v) is 15.5. The third kappa shape index (κ3) is 3.44. The molecule has 1 fully saturated rings. The lowest BCUT2D eigenvalue weighted by Crippen LogP contribution is -2.67. The van der Waals surface area contributed by atoms with Gasteiger partial charge in [-0.1, -0.05) is 32.9 Å². The molecule has 1 aliphatic carbocycles. The van der Waals surface area contributed by atoms with E-state index in [1.807, 2.05) is 6.07 Å². The Morgan fingerprint density at radius 2 is 1.96 bits per heavy atom. The van der Waals surface area contributed by atoms with Crippen LogP contribution in [0, 0.1) is 11.3 Å². The van der Waals surface area contributed by atoms with E-state index in [1.54, 1.807) is 32.2 Å². The fourth-order valence-corrected chi connectivity index (χ4v) is 4.57. The van der Waals surface area contributed by atoms with Crippen LogP contribution >= 0.6 is 11.8 Å². The molecular weight excluding hydrogens is 326 g/mol. The van der Waals surface area contributed by atoms with Crippen molar-refractivity contribution in [1.82, 2.24) is 5.32 Å². The molecule has 0 radical (unpaired) electrons. The minimum Gasteiger partial charge on any atom is -0.480 e. The topological polar surface area (TPSA) is 75.6 Å². The van der Waals surface area contributed by atoms with E-state index < -0.39 is 11.2 Å². The summed E-state index contributed by atoms with van der Waals surface area (Å²) in [4.78, 5) is 24.5. The Bertz CT molecular complexity index is 631. The van der Waals surface area contributed by atoms with Gasteiger partial charge < -0.3 is 15.2 Å². The van der Waals surface area contributed by atoms with Crippen molar-refractivity contribution in [2.75, 3.05) is 7.11 Å². The predicted octanol–water partition coefficient (Wildman–Crippen LogP) is 3.04. The monoisotopic (exact) mass is 351 g/mol. The number of methoxy groups -OCH3 is 1. The van der Waals surface area contributed by atoms with Crippen molar-refractivity contribution < 1.29 is 19.4 Å². The lowest BCUT2D eigenvalue weighted by atomic mass is 9.58. The van der Waals surface area contributed by atoms with Gasteiger partial charge in [0.15, 0.2) is 0 Å². The van der Waals surface area contributed by atoms with Gasteiger partial charge in [-0.15, -0.1) is 11.8 Å². The van der Waals surface area contributed by atoms with E-state index in [1.165, 1.54) is 11.8 Å². The average molecular weight is 351 g/mol. The largest absolute Gasteiger partial charge is 0.480 e. The molecule has 1 amide bonds. The molecule has 5 nitrogen and oxygen atoms in total. The molecule has 1 aromatic rings. The maximum atomic E-state index is 12.7. The molecule has 1 aromatic carbocycles. The first-order valence-corrected chi connectivity index (χ1v) is 8.90. The van der Waals surface area contributed by atoms with E-state index in [0.29, 0.717) is 10.5 Å². The predicted molar refractivity (Wildman–Crippen MR) is 94.4 cm³/mol. The number of carboxylic acids is 1. The van der Waals surface area contributed by atoms with Gasteiger partial charge in [-0.2, -0.15) is 0 Å². The molecule has 0 heterocycles. The van der Waals surface area contributed by atoms with E-state index in [9.17, 15) is 9.59 Å². The number of amides is 1. The number of aliphatic carboxylic acids is 1. The number of carbonyl (C=O) groups is 2. The van der Waals surface area contributed by atoms with Crippen LogP contribution in [-0.2, 0) is 9.53 Å². The van der Waals surface area contributed by atoms with Gasteiger partial charge in [-0.05, 0) is 19.1 Å². The van der Waals surface area contributed by atoms with Gasteiger partial charge in [-0.3, -0.25) is 9.59 Å². The first kappa shape index (κ1) is 18.8. The fourth-order valence-electron chi connectivity index (χ4n) is 3.64. The summed E-state index contributed by atoms with van der Waals surface area (Å²) in [5.41, 5.74) is 0.375. The minimum absolute atomic E-state index is 0.0184. The Balaban J connectivity index is 2.15. The van der Waals surface area contributed by atoms with Crippen LogP contribution in [0.1, 0.15) is 38.1 Å². The van der Waals surface area contributed by atoms with Crippen molar-refractivity contribution in [3.05, 3.63) is 29.8 Å². The molecule has 1 aliphatic rings. The van der Waals surface area contributed by atoms with Crippen LogP contribution in [-0.4, -0.2) is 41.5 Å². The molecule has 6 heteroatoms. The van der Waals surface area contributed by atoms with Crippen molar-refractivity contribution >= 4 is 23.6 Å². The number of carboxylic acid groups (broad SMARTS) is 1. The van der Waals surface area contributed by atoms with Gasteiger partial charge in [0.2, 0.25) is 0 Å². The lowest BCUT2D eigenvalue weighted by molar-refractivity contribution is -0.141. The second-order valence-corrected chi connectivity index (χ2v) is 8.27. The van der Waals surface area contributed by atoms with Crippen LogP contribution < -0.4 is 5.32 Å². The molecular formula is C18H25NO4S. The molecule has 0 saturated heterocycles. The van der Waals surface area contributed by atoms with Gasteiger partial charge in [0, 0.05) is 29.4 Å². The van der Waals surface area contributed by atoms with Gasteiger partial charge >= 0.3 is 5.97 Å². The van der Waals surface area contributed by atoms with Crippen LogP contribution in [0.15, 0.2) is 29.2 Å². The number of hydrogen-bond donors (Lipinski definition) is 2. The highest BCUT2D eigenvalue weighted by atomic mass is 32.2. The standard InChI is InChI=1S/C18H25NO4S/c1-10-14(18(3,4)15(10)23-5)19-16(20)12-8-6-7-9-13(12)24-11(2)17(21)22/h6-11,14-15H,1-5H3,(H,19,20)(H,21,22). The van der Waals surface area contributed by atoms with E-state index in [0.717, 1.165) is 0 Å². The van der Waals surface area contributed by atoms with Crippen molar-refractivity contribution in [2.45, 2.75) is 50.0 Å². The van der Waals surface area contributed by atoms with Crippen LogP contribution in [0.3, 0.4) is 0 Å². The average Bonchev–Trinajstić information content (AvgIpc) is 2.52. The minimum atomic E-state index is -0.896. The first-order valence-electron chi connectivity index (χ1n) is 8.02. The van der Waals surface area contributed by atoms with Crippen molar-refractivity contribution in [3.63, 3.8) is 0 Å². The highest BCUT2D eigenvalue weighted by Crippen LogP contribution is 2.47. The van der Waals surface area contributed by atoms with Gasteiger partial charge in [-0.25, -0.2) is 0 Å². The molecule has 0 spiro atoms. The summed E-state index contributed by atoms with van der Waals surface area (Å²) < 4.78 is 5.51. The summed E-state index contributed by atoms with van der Waals surface area (Å²) in [6.07, 6.45) is 0.111. The van der Waals surface area contributed by atoms with Crippen LogP contribution in [0.2, 0.25) is 0 Å². The Kier molecular flexibility index (Phi) is 5.60. The molecule has 132 valence electrons. The zero-order chi connectivity index (χ0) is 18.1. The molecule has 2 rings (SSSR count). The van der Waals surface area contributed by atoms with Crippen LogP contribution in [0.4, 0.5) is 0 Å². The highest BCUT2D eigenvalue weighted by Gasteiger charge is 2.55. The summed E-state index contributed by atoms with van der Waals surface area (Å²) in [7, 11) is 1.69. The maximum Gasteiger partial charge on any atom is 0.316 e. The molecule has 1 saturated carbocycles. The number of rotatable bonds is 6. The molecule has 24 heavy (non-hydrogen) atoms. The third-order valence-electron chi connectivity index (χ3n) is 4.86. The Morgan fingerprint density at radius 1 is 1.33 bits per heavy atom. The molecule has 4 unspecified atom stereocenters. The van der Waals surface area contributed by atoms with E-state index in [2.05, 4.69) is 26.1 Å². The zero-order valence-electron chi connectivity index (χ0n) is 14.7. The fraction of sp³-hybridized carbons (Fsp3) is 0.556. The number of thioether (sulfide) groups is 1. The number of ether oxygens (including phenoxy) is 1. The first-order chi connectivity index (χ1) is 11.2. The normalized spacial score (nSPS) is 26.3. The molecule has 0 aliphatic heterocycles. The van der Waals surface area contributed by atoms with E-state index >= 15 is 0 Å². The van der Waals surface area contributed by atoms with Crippen molar-refractivity contribution in [1.29, 1.82) is 0 Å². The summed E-state index contributed by atoms with van der Waals surface area (Å²) in [6, 6.07) is 7.13. The van der Waals surface area contributed by atoms with Crippen molar-refractivity contribution in [3.8, 4) is 0 Å². The lowest BCUT2D eigenvalue weighted by Gasteiger charge is -2.56. The number of hydrogen-bond acceptors (Lipinski definition) is 4. The smallest absolute Gasteiger partial charge is 0.316 e. The van der Waals surface area contributed by atoms with Gasteiger partial charge in [0.1, 0.15) is 5.25 Å². The van der Waals surface area contributed by atoms with Gasteiger partial charge in [0.25, 0.3) is 5.91 Å². The second kappa shape index (κ2) is 7.15. The number of carbonyl (C=O) groups excluding carboxylic acids is 1. The molecule has 2 N–H and O–H groups in total. The SMILES string of the molecule is COC1C(C)C(NC(=O)c2ccccc2SC(C)C(=O)O)C1(C)C. The van der Waals surface area contributed by atoms with Gasteiger partial charge in [0.05, 0.1) is 11.7 Å². The summed E-state index contributed by atoms with van der Waals surface area (Å²) in [5.74, 6) is -0.839. The summed E-state index contributed by atoms with van der Waals surface area (Å²) >= 11 is 1.18. The Hall–Kier alpha value is -1.53. The number of nitrogens with one attached hydrogen (secondary N) is 1. The molecule has 0 aromatic heterocycles. The van der Waals surface area contributed by atoms with Crippen molar-refractivity contribution in [2.24, 2.45) is 11.3 Å². The highest BCUT2D eigenvalue weighted by molar-refractivity contribution is 8.00. The Morgan fingerprint density at radius 3 is 2.50 bits per heavy atom. The second-order valence-electron chi connectivity index (χ2n) is 6.88. The quantitative estimate of drug-likeness (QED) is 0.771. The van der Waals surface area contributed by atoms with E-state index in [4.69, 9.17) is 9.84 Å². The molecule has 0 bridgehead atoms. The maximum absolute atomic E-state index is 12.7. The van der Waals surface area contributed by atoms with Crippen LogP contribution in [0.5, 0.6) is 0 Å².